The first kappa shape index (κ1) is 11.3. The van der Waals surface area contributed by atoms with Gasteiger partial charge in [-0.15, -0.1) is 0 Å². The SMILES string of the molecule is NC1CS(=O)(=O)CC1Oc1cccc(F)c1. The summed E-state index contributed by atoms with van der Waals surface area (Å²) in [6.45, 7) is 0. The highest BCUT2D eigenvalue weighted by Gasteiger charge is 2.36. The molecule has 0 amide bonds. The van der Waals surface area contributed by atoms with Crippen molar-refractivity contribution in [1.82, 2.24) is 0 Å². The molecule has 2 rings (SSSR count). The quantitative estimate of drug-likeness (QED) is 0.815. The first-order valence-corrected chi connectivity index (χ1v) is 6.67. The van der Waals surface area contributed by atoms with Crippen LogP contribution in [0.4, 0.5) is 4.39 Å². The lowest BCUT2D eigenvalue weighted by atomic mass is 10.2. The molecule has 1 heterocycles. The Morgan fingerprint density at radius 2 is 2.12 bits per heavy atom. The maximum atomic E-state index is 12.9. The van der Waals surface area contributed by atoms with Gasteiger partial charge in [0.15, 0.2) is 9.84 Å². The Balaban J connectivity index is 2.11. The number of rotatable bonds is 2. The molecule has 2 N–H and O–H groups in total. The lowest BCUT2D eigenvalue weighted by molar-refractivity contribution is 0.208. The Labute approximate surface area is 93.1 Å². The summed E-state index contributed by atoms with van der Waals surface area (Å²) in [5, 5.41) is 0. The van der Waals surface area contributed by atoms with Gasteiger partial charge in [-0.2, -0.15) is 0 Å². The Morgan fingerprint density at radius 3 is 2.69 bits per heavy atom. The van der Waals surface area contributed by atoms with E-state index in [9.17, 15) is 12.8 Å². The van der Waals surface area contributed by atoms with Crippen molar-refractivity contribution in [3.8, 4) is 5.75 Å². The summed E-state index contributed by atoms with van der Waals surface area (Å²) in [6, 6.07) is 5.02. The fourth-order valence-corrected chi connectivity index (χ4v) is 3.43. The largest absolute Gasteiger partial charge is 0.488 e. The van der Waals surface area contributed by atoms with Gasteiger partial charge in [0.25, 0.3) is 0 Å². The molecule has 4 nitrogen and oxygen atoms in total. The molecule has 0 radical (unpaired) electrons. The molecule has 6 heteroatoms. The predicted molar refractivity (Wildman–Crippen MR) is 57.4 cm³/mol. The van der Waals surface area contributed by atoms with Crippen molar-refractivity contribution in [1.29, 1.82) is 0 Å². The van der Waals surface area contributed by atoms with Gasteiger partial charge in [-0.1, -0.05) is 6.07 Å². The van der Waals surface area contributed by atoms with Gasteiger partial charge in [0.05, 0.1) is 17.5 Å². The Bertz CT molecular complexity index is 489. The number of halogens is 1. The van der Waals surface area contributed by atoms with Crippen LogP contribution in [0.2, 0.25) is 0 Å². The van der Waals surface area contributed by atoms with Crippen LogP contribution in [0.1, 0.15) is 0 Å². The molecule has 0 aliphatic carbocycles. The molecule has 88 valence electrons. The number of nitrogens with two attached hydrogens (primary N) is 1. The third-order valence-corrected chi connectivity index (χ3v) is 4.15. The smallest absolute Gasteiger partial charge is 0.155 e. The normalized spacial score (nSPS) is 27.9. The molecule has 2 atom stereocenters. The van der Waals surface area contributed by atoms with E-state index in [1.54, 1.807) is 6.07 Å². The van der Waals surface area contributed by atoms with Gasteiger partial charge in [-0.25, -0.2) is 12.8 Å². The van der Waals surface area contributed by atoms with Gasteiger partial charge < -0.3 is 10.5 Å². The second-order valence-electron chi connectivity index (χ2n) is 3.85. The van der Waals surface area contributed by atoms with Crippen molar-refractivity contribution in [2.75, 3.05) is 11.5 Å². The maximum absolute atomic E-state index is 12.9. The van der Waals surface area contributed by atoms with Crippen LogP contribution in [0, 0.1) is 5.82 Å². The average Bonchev–Trinajstić information content (AvgIpc) is 2.39. The molecule has 16 heavy (non-hydrogen) atoms. The van der Waals surface area contributed by atoms with Gasteiger partial charge in [0, 0.05) is 6.07 Å². The number of hydrogen-bond acceptors (Lipinski definition) is 4. The molecular weight excluding hydrogens is 233 g/mol. The fraction of sp³-hybridized carbons (Fsp3) is 0.400. The van der Waals surface area contributed by atoms with Gasteiger partial charge in [-0.05, 0) is 12.1 Å². The zero-order chi connectivity index (χ0) is 11.8. The molecule has 1 aliphatic heterocycles. The molecule has 1 fully saturated rings. The molecule has 1 aliphatic rings. The summed E-state index contributed by atoms with van der Waals surface area (Å²) in [4.78, 5) is 0. The summed E-state index contributed by atoms with van der Waals surface area (Å²) in [5.41, 5.74) is 5.64. The van der Waals surface area contributed by atoms with Crippen LogP contribution >= 0.6 is 0 Å². The highest BCUT2D eigenvalue weighted by Crippen LogP contribution is 2.19. The Kier molecular flexibility index (Phi) is 2.86. The van der Waals surface area contributed by atoms with Gasteiger partial charge in [0.2, 0.25) is 0 Å². The van der Waals surface area contributed by atoms with E-state index >= 15 is 0 Å². The number of sulfone groups is 1. The molecule has 0 aromatic heterocycles. The minimum absolute atomic E-state index is 0.0764. The fourth-order valence-electron chi connectivity index (χ4n) is 1.68. The Morgan fingerprint density at radius 1 is 1.38 bits per heavy atom. The van der Waals surface area contributed by atoms with Crippen LogP contribution in [0.3, 0.4) is 0 Å². The van der Waals surface area contributed by atoms with Crippen LogP contribution in [0.25, 0.3) is 0 Å². The minimum Gasteiger partial charge on any atom is -0.488 e. The molecule has 0 spiro atoms. The van der Waals surface area contributed by atoms with Crippen LogP contribution in [0.15, 0.2) is 24.3 Å². The third-order valence-electron chi connectivity index (χ3n) is 2.43. The van der Waals surface area contributed by atoms with E-state index in [0.717, 1.165) is 0 Å². The molecule has 0 bridgehead atoms. The number of ether oxygens (including phenoxy) is 1. The van der Waals surface area contributed by atoms with Crippen LogP contribution < -0.4 is 10.5 Å². The number of benzene rings is 1. The van der Waals surface area contributed by atoms with Gasteiger partial charge >= 0.3 is 0 Å². The summed E-state index contributed by atoms with van der Waals surface area (Å²) < 4.78 is 40.8. The van der Waals surface area contributed by atoms with Gasteiger partial charge in [0.1, 0.15) is 17.7 Å². The molecule has 1 aromatic rings. The second kappa shape index (κ2) is 4.03. The van der Waals surface area contributed by atoms with Crippen LogP contribution in [0.5, 0.6) is 5.75 Å². The van der Waals surface area contributed by atoms with E-state index < -0.39 is 27.8 Å². The number of hydrogen-bond donors (Lipinski definition) is 1. The van der Waals surface area contributed by atoms with Crippen molar-refractivity contribution in [2.24, 2.45) is 5.73 Å². The van der Waals surface area contributed by atoms with E-state index in [4.69, 9.17) is 10.5 Å². The average molecular weight is 245 g/mol. The summed E-state index contributed by atoms with van der Waals surface area (Å²) in [7, 11) is -3.12. The van der Waals surface area contributed by atoms with Crippen molar-refractivity contribution >= 4 is 9.84 Å². The highest BCUT2D eigenvalue weighted by molar-refractivity contribution is 7.91. The van der Waals surface area contributed by atoms with Crippen molar-refractivity contribution in [3.05, 3.63) is 30.1 Å². The van der Waals surface area contributed by atoms with E-state index in [2.05, 4.69) is 0 Å². The lowest BCUT2D eigenvalue weighted by Crippen LogP contribution is -2.37. The standard InChI is InChI=1S/C10H12FNO3S/c11-7-2-1-3-8(4-7)15-10-6-16(13,14)5-9(10)12/h1-4,9-10H,5-6,12H2. The third kappa shape index (κ3) is 2.51. The summed E-state index contributed by atoms with van der Waals surface area (Å²) in [5.74, 6) is -0.304. The minimum atomic E-state index is -3.12. The van der Waals surface area contributed by atoms with E-state index in [-0.39, 0.29) is 11.5 Å². The molecule has 2 unspecified atom stereocenters. The van der Waals surface area contributed by atoms with E-state index in [0.29, 0.717) is 5.75 Å². The maximum Gasteiger partial charge on any atom is 0.155 e. The molecule has 1 aromatic carbocycles. The lowest BCUT2D eigenvalue weighted by Gasteiger charge is -2.16. The zero-order valence-corrected chi connectivity index (χ0v) is 9.28. The van der Waals surface area contributed by atoms with Crippen molar-refractivity contribution in [3.63, 3.8) is 0 Å². The second-order valence-corrected chi connectivity index (χ2v) is 6.01. The summed E-state index contributed by atoms with van der Waals surface area (Å²) >= 11 is 0. The van der Waals surface area contributed by atoms with E-state index in [1.165, 1.54) is 18.2 Å². The molecular formula is C10H12FNO3S. The first-order valence-electron chi connectivity index (χ1n) is 4.84. The topological polar surface area (TPSA) is 69.4 Å². The monoisotopic (exact) mass is 245 g/mol. The van der Waals surface area contributed by atoms with Crippen LogP contribution in [-0.2, 0) is 9.84 Å². The molecule has 1 saturated heterocycles. The molecule has 0 saturated carbocycles. The highest BCUT2D eigenvalue weighted by atomic mass is 32.2. The summed E-state index contributed by atoms with van der Waals surface area (Å²) in [6.07, 6.45) is -0.591. The van der Waals surface area contributed by atoms with Crippen molar-refractivity contribution < 1.29 is 17.5 Å². The van der Waals surface area contributed by atoms with Crippen molar-refractivity contribution in [2.45, 2.75) is 12.1 Å². The van der Waals surface area contributed by atoms with Gasteiger partial charge in [-0.3, -0.25) is 0 Å². The van der Waals surface area contributed by atoms with E-state index in [1.807, 2.05) is 0 Å². The zero-order valence-electron chi connectivity index (χ0n) is 8.47. The first-order chi connectivity index (χ1) is 7.46. The Hall–Kier alpha value is -1.14. The van der Waals surface area contributed by atoms with Crippen LogP contribution in [-0.4, -0.2) is 32.1 Å². The predicted octanol–water partition coefficient (Wildman–Crippen LogP) is 0.329.